The Kier molecular flexibility index (Phi) is 13.3. The van der Waals surface area contributed by atoms with E-state index in [9.17, 15) is 10.2 Å². The molecule has 0 aromatic heterocycles. The van der Waals surface area contributed by atoms with Crippen molar-refractivity contribution in [2.24, 2.45) is 0 Å². The molecule has 8 bridgehead atoms. The molecule has 0 radical (unpaired) electrons. The first-order chi connectivity index (χ1) is 37.0. The highest BCUT2D eigenvalue weighted by molar-refractivity contribution is 6.03. The summed E-state index contributed by atoms with van der Waals surface area (Å²) in [4.78, 5) is 0. The van der Waals surface area contributed by atoms with Crippen LogP contribution in [0.5, 0.6) is 23.0 Å². The lowest BCUT2D eigenvalue weighted by molar-refractivity contribution is 0.302. The van der Waals surface area contributed by atoms with Gasteiger partial charge in [0, 0.05) is 36.8 Å². The van der Waals surface area contributed by atoms with Gasteiger partial charge in [0.1, 0.15) is 36.2 Å². The Hall–Kier alpha value is -7.56. The fourth-order valence-electron chi connectivity index (χ4n) is 11.8. The molecule has 1 aliphatic carbocycles. The number of fused-ring (bicyclic) bond motifs is 12. The van der Waals surface area contributed by atoms with Gasteiger partial charge in [-0.25, -0.2) is 0 Å². The van der Waals surface area contributed by atoms with E-state index in [2.05, 4.69) is 241 Å². The van der Waals surface area contributed by atoms with E-state index in [0.717, 1.165) is 99.8 Å². The molecule has 396 valence electrons. The number of hydrogen-bond acceptors (Lipinski definition) is 4. The van der Waals surface area contributed by atoms with Gasteiger partial charge in [-0.3, -0.25) is 0 Å². The van der Waals surface area contributed by atoms with Crippen LogP contribution < -0.4 is 9.47 Å². The third kappa shape index (κ3) is 10.2. The van der Waals surface area contributed by atoms with Crippen LogP contribution in [-0.4, -0.2) is 10.2 Å². The fraction of sp³-hybridized carbons (Fsp3) is 0.297. The molecule has 4 nitrogen and oxygen atoms in total. The predicted molar refractivity (Wildman–Crippen MR) is 327 cm³/mol. The summed E-state index contributed by atoms with van der Waals surface area (Å²) in [5.41, 5.74) is 13.3. The standard InChI is InChI=1S/C74H76O4/c1-71(2,3)57-35-49-31-53-39-59(73(7,8)9)41-55(69(53)77-43-65-61-25-17-13-21-45(61)29-46-22-14-18-26-62(46)65)33-51-37-58(72(4,5)6)38-52(68(51)76)34-56-42-60(74(10,11)12)40-54(32-50(36-57)67(49)75)70(56)78-44-66-63-27-19-15-23-47(63)30-48-24-16-20-28-64(48)66/h13-30,35-42,75-76H,31-34,43-44H2,1-12H3. The van der Waals surface area contributed by atoms with Gasteiger partial charge in [-0.1, -0.05) is 229 Å². The smallest absolute Gasteiger partial charge is 0.126 e. The Morgan fingerprint density at radius 3 is 0.756 bits per heavy atom. The Bertz CT molecular complexity index is 3510. The van der Waals surface area contributed by atoms with Crippen LogP contribution in [-0.2, 0) is 60.6 Å². The van der Waals surface area contributed by atoms with Crippen molar-refractivity contribution in [3.63, 3.8) is 0 Å². The maximum absolute atomic E-state index is 13.1. The second-order valence-corrected chi connectivity index (χ2v) is 26.4. The Morgan fingerprint density at radius 2 is 0.526 bits per heavy atom. The van der Waals surface area contributed by atoms with Crippen molar-refractivity contribution < 1.29 is 19.7 Å². The summed E-state index contributed by atoms with van der Waals surface area (Å²) in [6, 6.07) is 57.0. The molecule has 0 heterocycles. The van der Waals surface area contributed by atoms with Crippen LogP contribution in [0.15, 0.2) is 158 Å². The summed E-state index contributed by atoms with van der Waals surface area (Å²) in [7, 11) is 0. The Morgan fingerprint density at radius 1 is 0.308 bits per heavy atom. The quantitative estimate of drug-likeness (QED) is 0.163. The highest BCUT2D eigenvalue weighted by Crippen LogP contribution is 2.45. The van der Waals surface area contributed by atoms with Crippen molar-refractivity contribution in [2.45, 2.75) is 144 Å². The van der Waals surface area contributed by atoms with Gasteiger partial charge < -0.3 is 19.7 Å². The van der Waals surface area contributed by atoms with Crippen molar-refractivity contribution in [3.05, 3.63) is 236 Å². The van der Waals surface area contributed by atoms with Crippen LogP contribution >= 0.6 is 0 Å². The van der Waals surface area contributed by atoms with Gasteiger partial charge in [0.2, 0.25) is 0 Å². The third-order valence-corrected chi connectivity index (χ3v) is 16.5. The molecule has 0 fully saturated rings. The molecule has 4 heteroatoms. The topological polar surface area (TPSA) is 58.9 Å². The van der Waals surface area contributed by atoms with Crippen LogP contribution in [0.4, 0.5) is 0 Å². The summed E-state index contributed by atoms with van der Waals surface area (Å²) >= 11 is 0. The second-order valence-electron chi connectivity index (χ2n) is 26.4. The molecular weight excluding hydrogens is 953 g/mol. The second kappa shape index (κ2) is 19.7. The van der Waals surface area contributed by atoms with E-state index in [1.54, 1.807) is 0 Å². The molecular formula is C74H76O4. The van der Waals surface area contributed by atoms with Gasteiger partial charge in [0.25, 0.3) is 0 Å². The van der Waals surface area contributed by atoms with E-state index >= 15 is 0 Å². The summed E-state index contributed by atoms with van der Waals surface area (Å²) < 4.78 is 14.9. The van der Waals surface area contributed by atoms with Gasteiger partial charge >= 0.3 is 0 Å². The lowest BCUT2D eigenvalue weighted by Gasteiger charge is -2.28. The number of ether oxygens (including phenoxy) is 2. The summed E-state index contributed by atoms with van der Waals surface area (Å²) in [5.74, 6) is 2.14. The number of phenols is 2. The summed E-state index contributed by atoms with van der Waals surface area (Å²) in [6.07, 6.45) is 1.70. The van der Waals surface area contributed by atoms with Crippen molar-refractivity contribution >= 4 is 43.1 Å². The molecule has 0 aliphatic heterocycles. The van der Waals surface area contributed by atoms with Crippen LogP contribution in [0.1, 0.15) is 161 Å². The summed E-state index contributed by atoms with van der Waals surface area (Å²) in [6.45, 7) is 27.8. The normalized spacial score (nSPS) is 13.4. The minimum atomic E-state index is -0.233. The van der Waals surface area contributed by atoms with E-state index in [1.807, 2.05) is 0 Å². The molecule has 0 atom stereocenters. The monoisotopic (exact) mass is 1030 g/mol. The van der Waals surface area contributed by atoms with Crippen molar-refractivity contribution in [1.29, 1.82) is 0 Å². The van der Waals surface area contributed by atoms with Gasteiger partial charge in [-0.05, 0) is 144 Å². The van der Waals surface area contributed by atoms with Crippen molar-refractivity contribution in [2.75, 3.05) is 0 Å². The van der Waals surface area contributed by atoms with Gasteiger partial charge in [0.05, 0.1) is 0 Å². The van der Waals surface area contributed by atoms with Crippen LogP contribution in [0.25, 0.3) is 43.1 Å². The van der Waals surface area contributed by atoms with E-state index in [-0.39, 0.29) is 33.2 Å². The highest BCUT2D eigenvalue weighted by Gasteiger charge is 2.29. The number of aromatic hydroxyl groups is 2. The van der Waals surface area contributed by atoms with Crippen molar-refractivity contribution in [1.82, 2.24) is 0 Å². The molecule has 0 amide bonds. The molecule has 0 unspecified atom stereocenters. The number of phenolic OH excluding ortho intramolecular Hbond substituents is 2. The Balaban J connectivity index is 1.17. The van der Waals surface area contributed by atoms with Crippen molar-refractivity contribution in [3.8, 4) is 23.0 Å². The van der Waals surface area contributed by atoms with E-state index in [4.69, 9.17) is 9.47 Å². The molecule has 11 rings (SSSR count). The lowest BCUT2D eigenvalue weighted by Crippen LogP contribution is -2.16. The summed E-state index contributed by atoms with van der Waals surface area (Å²) in [5, 5.41) is 35.5. The molecule has 78 heavy (non-hydrogen) atoms. The SMILES string of the molecule is CC(C)(C)c1cc2c(O)c(c1)Cc1cc(C(C)(C)C)cc(c1OCc1c3ccccc3cc3ccccc13)Cc1cc(C(C)(C)C)cc(c1O)Cc1cc(C(C)(C)C)cc(c1OCc1c3ccccc3cc3ccccc13)C2. The average molecular weight is 1030 g/mol. The van der Waals surface area contributed by atoms with E-state index in [1.165, 1.54) is 32.7 Å². The van der Waals surface area contributed by atoms with Gasteiger partial charge in [-0.2, -0.15) is 0 Å². The molecule has 10 aromatic carbocycles. The zero-order chi connectivity index (χ0) is 55.1. The van der Waals surface area contributed by atoms with Crippen LogP contribution in [0, 0.1) is 0 Å². The molecule has 0 saturated heterocycles. The minimum Gasteiger partial charge on any atom is -0.507 e. The maximum atomic E-state index is 13.1. The average Bonchev–Trinajstić information content (AvgIpc) is 3.47. The third-order valence-electron chi connectivity index (χ3n) is 16.5. The molecule has 10 aromatic rings. The molecule has 0 saturated carbocycles. The first kappa shape index (κ1) is 52.5. The fourth-order valence-corrected chi connectivity index (χ4v) is 11.8. The molecule has 1 aliphatic rings. The maximum Gasteiger partial charge on any atom is 0.126 e. The van der Waals surface area contributed by atoms with Gasteiger partial charge in [0.15, 0.2) is 0 Å². The molecule has 0 spiro atoms. The molecule has 2 N–H and O–H groups in total. The lowest BCUT2D eigenvalue weighted by atomic mass is 9.79. The number of benzene rings is 10. The largest absolute Gasteiger partial charge is 0.507 e. The highest BCUT2D eigenvalue weighted by atomic mass is 16.5. The van der Waals surface area contributed by atoms with Crippen LogP contribution in [0.3, 0.4) is 0 Å². The zero-order valence-electron chi connectivity index (χ0n) is 48.0. The Labute approximate surface area is 462 Å². The first-order valence-electron chi connectivity index (χ1n) is 28.1. The van der Waals surface area contributed by atoms with Gasteiger partial charge in [-0.15, -0.1) is 0 Å². The van der Waals surface area contributed by atoms with Crippen LogP contribution in [0.2, 0.25) is 0 Å². The minimum absolute atomic E-state index is 0.224. The zero-order valence-corrected chi connectivity index (χ0v) is 48.0. The number of rotatable bonds is 6. The first-order valence-corrected chi connectivity index (χ1v) is 28.1. The predicted octanol–water partition coefficient (Wildman–Crippen LogP) is 18.7. The van der Waals surface area contributed by atoms with E-state index in [0.29, 0.717) is 38.9 Å². The van der Waals surface area contributed by atoms with E-state index < -0.39 is 0 Å². The number of hydrogen-bond donors (Lipinski definition) is 2.